The molecule has 2 aliphatic rings. The fraction of sp³-hybridized carbons (Fsp3) is 0.286. The van der Waals surface area contributed by atoms with Gasteiger partial charge in [-0.2, -0.15) is 0 Å². The van der Waals surface area contributed by atoms with E-state index in [-0.39, 0.29) is 43.1 Å². The van der Waals surface area contributed by atoms with E-state index < -0.39 is 0 Å². The van der Waals surface area contributed by atoms with Gasteiger partial charge in [0.15, 0.2) is 0 Å². The molecule has 4 amide bonds. The van der Waals surface area contributed by atoms with Crippen LogP contribution in [0, 0.1) is 0 Å². The highest BCUT2D eigenvalue weighted by Crippen LogP contribution is 2.25. The van der Waals surface area contributed by atoms with Crippen molar-refractivity contribution >= 4 is 29.3 Å². The van der Waals surface area contributed by atoms with Crippen LogP contribution in [0.3, 0.4) is 0 Å². The monoisotopic (exact) mass is 287 g/mol. The summed E-state index contributed by atoms with van der Waals surface area (Å²) in [5.74, 6) is -1.10. The van der Waals surface area contributed by atoms with Crippen molar-refractivity contribution in [3.05, 3.63) is 29.3 Å². The van der Waals surface area contributed by atoms with Crippen LogP contribution in [0.1, 0.15) is 33.6 Å². The van der Waals surface area contributed by atoms with Crippen molar-refractivity contribution in [2.24, 2.45) is 0 Å². The fourth-order valence-corrected chi connectivity index (χ4v) is 2.44. The Kier molecular flexibility index (Phi) is 2.97. The van der Waals surface area contributed by atoms with Gasteiger partial charge < -0.3 is 5.32 Å². The van der Waals surface area contributed by atoms with E-state index in [1.807, 2.05) is 0 Å². The van der Waals surface area contributed by atoms with Crippen molar-refractivity contribution in [1.82, 2.24) is 9.80 Å². The quantitative estimate of drug-likeness (QED) is 0.815. The van der Waals surface area contributed by atoms with E-state index in [9.17, 15) is 19.2 Å². The molecular weight excluding hydrogens is 274 g/mol. The Morgan fingerprint density at radius 1 is 1.00 bits per heavy atom. The standard InChI is InChI=1S/C14H13N3O4/c1-16-13(20)9-3-2-8(6-10(9)14(16)21)15-7-17-11(18)4-5-12(17)19/h2-3,6,15H,4-5,7H2,1H3. The summed E-state index contributed by atoms with van der Waals surface area (Å²) in [5, 5.41) is 2.93. The molecule has 0 aliphatic carbocycles. The van der Waals surface area contributed by atoms with Gasteiger partial charge in [0.05, 0.1) is 17.8 Å². The number of amides is 4. The Morgan fingerprint density at radius 3 is 2.29 bits per heavy atom. The average Bonchev–Trinajstić information content (AvgIpc) is 2.90. The van der Waals surface area contributed by atoms with E-state index in [4.69, 9.17) is 0 Å². The van der Waals surface area contributed by atoms with E-state index >= 15 is 0 Å². The number of anilines is 1. The van der Waals surface area contributed by atoms with E-state index in [1.165, 1.54) is 7.05 Å². The first kappa shape index (κ1) is 13.3. The molecule has 1 N–H and O–H groups in total. The van der Waals surface area contributed by atoms with E-state index in [2.05, 4.69) is 5.32 Å². The molecule has 0 saturated carbocycles. The molecule has 21 heavy (non-hydrogen) atoms. The lowest BCUT2D eigenvalue weighted by Gasteiger charge is -2.15. The molecule has 7 heteroatoms. The van der Waals surface area contributed by atoms with Gasteiger partial charge in [0.2, 0.25) is 11.8 Å². The second-order valence-corrected chi connectivity index (χ2v) is 4.98. The molecule has 0 atom stereocenters. The topological polar surface area (TPSA) is 86.8 Å². The Bertz CT molecular complexity index is 667. The summed E-state index contributed by atoms with van der Waals surface area (Å²) in [7, 11) is 1.43. The number of nitrogens with zero attached hydrogens (tertiary/aromatic N) is 2. The van der Waals surface area contributed by atoms with Gasteiger partial charge in [0.25, 0.3) is 11.8 Å². The van der Waals surface area contributed by atoms with Gasteiger partial charge in [-0.3, -0.25) is 29.0 Å². The molecule has 0 unspecified atom stereocenters. The zero-order chi connectivity index (χ0) is 15.1. The van der Waals surface area contributed by atoms with Crippen LogP contribution in [0.5, 0.6) is 0 Å². The number of rotatable bonds is 3. The number of fused-ring (bicyclic) bond motifs is 1. The Hall–Kier alpha value is -2.70. The van der Waals surface area contributed by atoms with Crippen LogP contribution in [0.15, 0.2) is 18.2 Å². The van der Waals surface area contributed by atoms with E-state index in [1.54, 1.807) is 18.2 Å². The Balaban J connectivity index is 1.77. The molecule has 1 saturated heterocycles. The highest BCUT2D eigenvalue weighted by Gasteiger charge is 2.33. The van der Waals surface area contributed by atoms with Gasteiger partial charge >= 0.3 is 0 Å². The lowest BCUT2D eigenvalue weighted by molar-refractivity contribution is -0.137. The van der Waals surface area contributed by atoms with Crippen molar-refractivity contribution < 1.29 is 19.2 Å². The first-order valence-electron chi connectivity index (χ1n) is 6.52. The second-order valence-electron chi connectivity index (χ2n) is 4.98. The molecule has 1 aromatic rings. The Morgan fingerprint density at radius 2 is 1.62 bits per heavy atom. The minimum atomic E-state index is -0.355. The number of likely N-dealkylation sites (tertiary alicyclic amines) is 1. The third-order valence-electron chi connectivity index (χ3n) is 3.69. The third-order valence-corrected chi connectivity index (χ3v) is 3.69. The molecule has 1 aromatic carbocycles. The molecule has 0 bridgehead atoms. The number of nitrogens with one attached hydrogen (secondary N) is 1. The van der Waals surface area contributed by atoms with Crippen LogP contribution in [-0.2, 0) is 9.59 Å². The summed E-state index contributed by atoms with van der Waals surface area (Å²) in [4.78, 5) is 48.8. The van der Waals surface area contributed by atoms with Gasteiger partial charge in [0.1, 0.15) is 0 Å². The van der Waals surface area contributed by atoms with Crippen LogP contribution in [0.2, 0.25) is 0 Å². The predicted octanol–water partition coefficient (Wildman–Crippen LogP) is 0.431. The molecule has 0 aromatic heterocycles. The lowest BCUT2D eigenvalue weighted by atomic mass is 10.1. The maximum Gasteiger partial charge on any atom is 0.261 e. The summed E-state index contributed by atoms with van der Waals surface area (Å²) >= 11 is 0. The first-order chi connectivity index (χ1) is 9.99. The summed E-state index contributed by atoms with van der Waals surface area (Å²) in [6.45, 7) is 0.0639. The summed E-state index contributed by atoms with van der Waals surface area (Å²) in [5.41, 5.74) is 1.27. The summed E-state index contributed by atoms with van der Waals surface area (Å²) in [6.07, 6.45) is 0.477. The molecule has 2 aliphatic heterocycles. The molecule has 1 fully saturated rings. The summed E-state index contributed by atoms with van der Waals surface area (Å²) in [6, 6.07) is 4.77. The van der Waals surface area contributed by atoms with Crippen molar-refractivity contribution in [3.63, 3.8) is 0 Å². The van der Waals surface area contributed by atoms with Gasteiger partial charge in [-0.1, -0.05) is 0 Å². The van der Waals surface area contributed by atoms with Crippen LogP contribution in [0.4, 0.5) is 5.69 Å². The average molecular weight is 287 g/mol. The number of hydrogen-bond acceptors (Lipinski definition) is 5. The smallest absolute Gasteiger partial charge is 0.261 e. The second kappa shape index (κ2) is 4.69. The highest BCUT2D eigenvalue weighted by molar-refractivity contribution is 6.21. The van der Waals surface area contributed by atoms with Gasteiger partial charge in [-0.15, -0.1) is 0 Å². The van der Waals surface area contributed by atoms with Crippen molar-refractivity contribution in [3.8, 4) is 0 Å². The zero-order valence-corrected chi connectivity index (χ0v) is 11.4. The van der Waals surface area contributed by atoms with Crippen LogP contribution in [0.25, 0.3) is 0 Å². The Labute approximate surface area is 120 Å². The third kappa shape index (κ3) is 2.06. The van der Waals surface area contributed by atoms with Gasteiger partial charge in [-0.05, 0) is 18.2 Å². The fourth-order valence-electron chi connectivity index (χ4n) is 2.44. The highest BCUT2D eigenvalue weighted by atomic mass is 16.2. The zero-order valence-electron chi connectivity index (χ0n) is 11.4. The maximum absolute atomic E-state index is 11.9. The molecule has 0 spiro atoms. The van der Waals surface area contributed by atoms with Crippen molar-refractivity contribution in [2.45, 2.75) is 12.8 Å². The minimum absolute atomic E-state index is 0.0639. The first-order valence-corrected chi connectivity index (χ1v) is 6.52. The molecule has 108 valence electrons. The lowest BCUT2D eigenvalue weighted by Crippen LogP contribution is -2.33. The predicted molar refractivity (Wildman–Crippen MR) is 72.4 cm³/mol. The molecule has 0 radical (unpaired) electrons. The molecular formula is C14H13N3O4. The largest absolute Gasteiger partial charge is 0.367 e. The number of carbonyl (C=O) groups is 4. The van der Waals surface area contributed by atoms with E-state index in [0.717, 1.165) is 9.80 Å². The number of imide groups is 2. The van der Waals surface area contributed by atoms with Crippen molar-refractivity contribution in [2.75, 3.05) is 19.0 Å². The van der Waals surface area contributed by atoms with Crippen LogP contribution < -0.4 is 5.32 Å². The normalized spacial score (nSPS) is 17.8. The molecule has 2 heterocycles. The van der Waals surface area contributed by atoms with Gasteiger partial charge in [-0.25, -0.2) is 0 Å². The van der Waals surface area contributed by atoms with Crippen LogP contribution in [-0.4, -0.2) is 47.1 Å². The van der Waals surface area contributed by atoms with E-state index in [0.29, 0.717) is 16.8 Å². The minimum Gasteiger partial charge on any atom is -0.367 e. The van der Waals surface area contributed by atoms with Crippen LogP contribution >= 0.6 is 0 Å². The van der Waals surface area contributed by atoms with Gasteiger partial charge in [0, 0.05) is 25.6 Å². The maximum atomic E-state index is 11.9. The number of carbonyl (C=O) groups excluding carboxylic acids is 4. The number of benzene rings is 1. The number of hydrogen-bond donors (Lipinski definition) is 1. The SMILES string of the molecule is CN1C(=O)c2ccc(NCN3C(=O)CCC3=O)cc2C1=O. The van der Waals surface area contributed by atoms with Crippen molar-refractivity contribution in [1.29, 1.82) is 0 Å². The molecule has 7 nitrogen and oxygen atoms in total. The molecule has 3 rings (SSSR count). The summed E-state index contributed by atoms with van der Waals surface area (Å²) < 4.78 is 0.